The van der Waals surface area contributed by atoms with E-state index in [0.717, 1.165) is 5.02 Å². The quantitative estimate of drug-likeness (QED) is 0.641. The minimum Gasteiger partial charge on any atom is -0.361 e. The highest BCUT2D eigenvalue weighted by Gasteiger charge is 2.57. The Bertz CT molecular complexity index is 355. The smallest absolute Gasteiger partial charge is 0.112 e. The SMILES string of the molecule is Clc1cccc(C2OC23CCCC3)c1. The van der Waals surface area contributed by atoms with Crippen LogP contribution in [0.2, 0.25) is 5.02 Å². The molecule has 3 rings (SSSR count). The first-order chi connectivity index (χ1) is 6.80. The van der Waals surface area contributed by atoms with E-state index in [1.807, 2.05) is 18.2 Å². The molecule has 2 aliphatic rings. The minimum absolute atomic E-state index is 0.199. The number of epoxide rings is 1. The van der Waals surface area contributed by atoms with Gasteiger partial charge in [0, 0.05) is 5.02 Å². The maximum absolute atomic E-state index is 5.96. The summed E-state index contributed by atoms with van der Waals surface area (Å²) in [6, 6.07) is 8.06. The number of hydrogen-bond donors (Lipinski definition) is 0. The van der Waals surface area contributed by atoms with E-state index in [2.05, 4.69) is 6.07 Å². The predicted molar refractivity (Wildman–Crippen MR) is 56.5 cm³/mol. The summed E-state index contributed by atoms with van der Waals surface area (Å²) < 4.78 is 5.85. The summed E-state index contributed by atoms with van der Waals surface area (Å²) >= 11 is 5.96. The molecule has 0 N–H and O–H groups in total. The van der Waals surface area contributed by atoms with Crippen molar-refractivity contribution in [3.05, 3.63) is 34.9 Å². The van der Waals surface area contributed by atoms with Crippen molar-refractivity contribution >= 4 is 11.6 Å². The third kappa shape index (κ3) is 1.27. The van der Waals surface area contributed by atoms with Gasteiger partial charge in [0.05, 0.1) is 5.60 Å². The lowest BCUT2D eigenvalue weighted by Crippen LogP contribution is -2.04. The average molecular weight is 209 g/mol. The number of rotatable bonds is 1. The van der Waals surface area contributed by atoms with Gasteiger partial charge in [-0.15, -0.1) is 0 Å². The molecular weight excluding hydrogens is 196 g/mol. The van der Waals surface area contributed by atoms with Crippen molar-refractivity contribution < 1.29 is 4.74 Å². The second-order valence-corrected chi connectivity index (χ2v) is 4.76. The number of hydrogen-bond acceptors (Lipinski definition) is 1. The van der Waals surface area contributed by atoms with Crippen LogP contribution >= 0.6 is 11.6 Å². The van der Waals surface area contributed by atoms with Gasteiger partial charge in [0.1, 0.15) is 6.10 Å². The first-order valence-electron chi connectivity index (χ1n) is 5.23. The van der Waals surface area contributed by atoms with E-state index >= 15 is 0 Å². The Hall–Kier alpha value is -0.530. The fourth-order valence-electron chi connectivity index (χ4n) is 2.60. The van der Waals surface area contributed by atoms with Crippen molar-refractivity contribution in [1.29, 1.82) is 0 Å². The van der Waals surface area contributed by atoms with E-state index < -0.39 is 0 Å². The zero-order valence-corrected chi connectivity index (χ0v) is 8.76. The minimum atomic E-state index is 0.199. The molecule has 0 aromatic heterocycles. The van der Waals surface area contributed by atoms with E-state index in [9.17, 15) is 0 Å². The van der Waals surface area contributed by atoms with E-state index in [-0.39, 0.29) is 5.60 Å². The molecule has 1 aliphatic heterocycles. The molecule has 1 heterocycles. The first kappa shape index (κ1) is 8.75. The van der Waals surface area contributed by atoms with E-state index in [1.165, 1.54) is 31.2 Å². The molecule has 14 heavy (non-hydrogen) atoms. The fraction of sp³-hybridized carbons (Fsp3) is 0.500. The van der Waals surface area contributed by atoms with Crippen LogP contribution in [0.15, 0.2) is 24.3 Å². The summed E-state index contributed by atoms with van der Waals surface area (Å²) in [6.45, 7) is 0. The van der Waals surface area contributed by atoms with Gasteiger partial charge in [0.25, 0.3) is 0 Å². The van der Waals surface area contributed by atoms with Crippen molar-refractivity contribution in [3.8, 4) is 0 Å². The Morgan fingerprint density at radius 2 is 2.07 bits per heavy atom. The van der Waals surface area contributed by atoms with Crippen LogP contribution in [0.5, 0.6) is 0 Å². The van der Waals surface area contributed by atoms with Crippen molar-refractivity contribution in [2.75, 3.05) is 0 Å². The van der Waals surface area contributed by atoms with Gasteiger partial charge in [-0.2, -0.15) is 0 Å². The molecule has 1 atom stereocenters. The third-order valence-corrected chi connectivity index (χ3v) is 3.61. The van der Waals surface area contributed by atoms with Crippen molar-refractivity contribution in [1.82, 2.24) is 0 Å². The van der Waals surface area contributed by atoms with E-state index in [1.54, 1.807) is 0 Å². The molecule has 0 bridgehead atoms. The Balaban J connectivity index is 1.85. The Morgan fingerprint density at radius 1 is 1.29 bits per heavy atom. The summed E-state index contributed by atoms with van der Waals surface area (Å²) in [4.78, 5) is 0. The topological polar surface area (TPSA) is 12.5 Å². The molecule has 2 fully saturated rings. The normalized spacial score (nSPS) is 28.2. The molecule has 1 saturated carbocycles. The van der Waals surface area contributed by atoms with Crippen LogP contribution in [0.1, 0.15) is 37.4 Å². The maximum atomic E-state index is 5.96. The highest BCUT2D eigenvalue weighted by atomic mass is 35.5. The van der Waals surface area contributed by atoms with Gasteiger partial charge in [-0.3, -0.25) is 0 Å². The number of halogens is 1. The molecule has 0 amide bonds. The molecule has 1 aromatic carbocycles. The zero-order chi connectivity index (χ0) is 9.60. The fourth-order valence-corrected chi connectivity index (χ4v) is 2.79. The molecule has 74 valence electrons. The van der Waals surface area contributed by atoms with Crippen molar-refractivity contribution in [2.24, 2.45) is 0 Å². The Labute approximate surface area is 89.0 Å². The van der Waals surface area contributed by atoms with Gasteiger partial charge in [-0.1, -0.05) is 36.6 Å². The monoisotopic (exact) mass is 208 g/mol. The first-order valence-corrected chi connectivity index (χ1v) is 5.61. The van der Waals surface area contributed by atoms with E-state index in [4.69, 9.17) is 16.3 Å². The molecule has 1 saturated heterocycles. The van der Waals surface area contributed by atoms with Crippen LogP contribution in [-0.2, 0) is 4.74 Å². The van der Waals surface area contributed by atoms with Gasteiger partial charge in [-0.05, 0) is 30.5 Å². The van der Waals surface area contributed by atoms with Crippen LogP contribution in [0.3, 0.4) is 0 Å². The van der Waals surface area contributed by atoms with Crippen LogP contribution in [0.25, 0.3) is 0 Å². The standard InChI is InChI=1S/C12H13ClO/c13-10-5-3-4-9(8-10)11-12(14-11)6-1-2-7-12/h3-5,8,11H,1-2,6-7H2. The van der Waals surface area contributed by atoms with Gasteiger partial charge in [0.15, 0.2) is 0 Å². The van der Waals surface area contributed by atoms with Crippen molar-refractivity contribution in [3.63, 3.8) is 0 Å². The molecule has 1 aliphatic carbocycles. The lowest BCUT2D eigenvalue weighted by molar-refractivity contribution is 0.297. The molecule has 0 radical (unpaired) electrons. The number of benzene rings is 1. The van der Waals surface area contributed by atoms with Gasteiger partial charge in [0.2, 0.25) is 0 Å². The summed E-state index contributed by atoms with van der Waals surface area (Å²) in [7, 11) is 0. The van der Waals surface area contributed by atoms with Gasteiger partial charge >= 0.3 is 0 Å². The highest BCUT2D eigenvalue weighted by Crippen LogP contribution is 2.58. The number of ether oxygens (including phenoxy) is 1. The molecule has 1 nitrogen and oxygen atoms in total. The molecule has 2 heteroatoms. The molecule has 1 unspecified atom stereocenters. The molecule has 1 spiro atoms. The third-order valence-electron chi connectivity index (χ3n) is 3.37. The predicted octanol–water partition coefficient (Wildman–Crippen LogP) is 3.72. The average Bonchev–Trinajstić information content (AvgIpc) is 2.65. The van der Waals surface area contributed by atoms with Crippen LogP contribution in [0, 0.1) is 0 Å². The Kier molecular flexibility index (Phi) is 1.86. The lowest BCUT2D eigenvalue weighted by Gasteiger charge is -2.01. The van der Waals surface area contributed by atoms with Crippen LogP contribution in [0.4, 0.5) is 0 Å². The summed E-state index contributed by atoms with van der Waals surface area (Å²) in [5.41, 5.74) is 1.45. The summed E-state index contributed by atoms with van der Waals surface area (Å²) in [5, 5.41) is 0.811. The maximum Gasteiger partial charge on any atom is 0.112 e. The summed E-state index contributed by atoms with van der Waals surface area (Å²) in [5.74, 6) is 0. The Morgan fingerprint density at radius 3 is 2.79 bits per heavy atom. The zero-order valence-electron chi connectivity index (χ0n) is 8.00. The highest BCUT2D eigenvalue weighted by molar-refractivity contribution is 6.30. The van der Waals surface area contributed by atoms with Gasteiger partial charge in [-0.25, -0.2) is 0 Å². The molecular formula is C12H13ClO. The lowest BCUT2D eigenvalue weighted by atomic mass is 9.98. The second-order valence-electron chi connectivity index (χ2n) is 4.32. The largest absolute Gasteiger partial charge is 0.361 e. The van der Waals surface area contributed by atoms with Gasteiger partial charge < -0.3 is 4.74 Å². The van der Waals surface area contributed by atoms with Crippen LogP contribution < -0.4 is 0 Å². The second kappa shape index (κ2) is 2.98. The summed E-state index contributed by atoms with van der Waals surface area (Å²) in [6.07, 6.45) is 5.41. The van der Waals surface area contributed by atoms with Crippen LogP contribution in [-0.4, -0.2) is 5.60 Å². The van der Waals surface area contributed by atoms with E-state index in [0.29, 0.717) is 6.10 Å². The van der Waals surface area contributed by atoms with Crippen molar-refractivity contribution in [2.45, 2.75) is 37.4 Å². The molecule has 1 aromatic rings.